The van der Waals surface area contributed by atoms with E-state index in [2.05, 4.69) is 55.8 Å². The molecule has 0 amide bonds. The van der Waals surface area contributed by atoms with Gasteiger partial charge in [0.25, 0.3) is 0 Å². The smallest absolute Gasteiger partial charge is 0.0522 e. The molecule has 1 heterocycles. The average Bonchev–Trinajstić information content (AvgIpc) is 2.65. The van der Waals surface area contributed by atoms with Gasteiger partial charge in [-0.1, -0.05) is 34.6 Å². The molecule has 0 fully saturated rings. The molecule has 98 valence electrons. The minimum Gasteiger partial charge on any atom is -0.311 e. The zero-order chi connectivity index (χ0) is 12.9. The predicted molar refractivity (Wildman–Crippen MR) is 72.8 cm³/mol. The predicted octanol–water partition coefficient (Wildman–Crippen LogP) is 3.06. The Morgan fingerprint density at radius 3 is 2.71 bits per heavy atom. The van der Waals surface area contributed by atoms with Crippen molar-refractivity contribution in [1.82, 2.24) is 15.1 Å². The molecule has 0 radical (unpaired) electrons. The van der Waals surface area contributed by atoms with Crippen LogP contribution in [0.1, 0.15) is 46.7 Å². The van der Waals surface area contributed by atoms with E-state index in [0.29, 0.717) is 11.3 Å². The van der Waals surface area contributed by atoms with Gasteiger partial charge in [0.2, 0.25) is 0 Å². The fourth-order valence-corrected chi connectivity index (χ4v) is 1.65. The first-order valence-corrected chi connectivity index (χ1v) is 6.66. The van der Waals surface area contributed by atoms with Crippen LogP contribution in [0.25, 0.3) is 0 Å². The van der Waals surface area contributed by atoms with E-state index in [9.17, 15) is 0 Å². The third-order valence-corrected chi connectivity index (χ3v) is 3.47. The molecule has 3 nitrogen and oxygen atoms in total. The number of aryl methyl sites for hydroxylation is 1. The van der Waals surface area contributed by atoms with Crippen molar-refractivity contribution >= 4 is 0 Å². The van der Waals surface area contributed by atoms with Crippen LogP contribution >= 0.6 is 0 Å². The third kappa shape index (κ3) is 4.50. The first-order chi connectivity index (χ1) is 7.95. The highest BCUT2D eigenvalue weighted by Crippen LogP contribution is 2.24. The fraction of sp³-hybridized carbons (Fsp3) is 0.786. The van der Waals surface area contributed by atoms with Crippen molar-refractivity contribution in [2.24, 2.45) is 11.3 Å². The monoisotopic (exact) mass is 237 g/mol. The lowest BCUT2D eigenvalue weighted by molar-refractivity contribution is 0.252. The minimum atomic E-state index is 0.372. The van der Waals surface area contributed by atoms with Crippen LogP contribution in [0.2, 0.25) is 0 Å². The normalized spacial score (nSPS) is 13.9. The Kier molecular flexibility index (Phi) is 5.19. The van der Waals surface area contributed by atoms with E-state index in [1.54, 1.807) is 0 Å². The van der Waals surface area contributed by atoms with Gasteiger partial charge in [0.1, 0.15) is 0 Å². The summed E-state index contributed by atoms with van der Waals surface area (Å²) in [7, 11) is 0. The molecule has 0 spiro atoms. The standard InChI is InChI=1S/C14H27N3/c1-6-9-17-13(7-8-16-17)11-15-10-12(2)14(3,4)5/h7-8,12,15H,6,9-11H2,1-5H3. The van der Waals surface area contributed by atoms with Crippen molar-refractivity contribution in [2.45, 2.75) is 54.1 Å². The molecule has 3 heteroatoms. The van der Waals surface area contributed by atoms with Crippen molar-refractivity contribution in [3.05, 3.63) is 18.0 Å². The summed E-state index contributed by atoms with van der Waals surface area (Å²) >= 11 is 0. The van der Waals surface area contributed by atoms with Gasteiger partial charge in [0, 0.05) is 19.3 Å². The fourth-order valence-electron chi connectivity index (χ4n) is 1.65. The second-order valence-electron chi connectivity index (χ2n) is 5.94. The Morgan fingerprint density at radius 2 is 2.12 bits per heavy atom. The van der Waals surface area contributed by atoms with Gasteiger partial charge >= 0.3 is 0 Å². The average molecular weight is 237 g/mol. The quantitative estimate of drug-likeness (QED) is 0.824. The molecule has 1 rings (SSSR count). The lowest BCUT2D eigenvalue weighted by atomic mass is 9.82. The summed E-state index contributed by atoms with van der Waals surface area (Å²) in [5.41, 5.74) is 1.66. The van der Waals surface area contributed by atoms with E-state index in [1.807, 2.05) is 6.20 Å². The molecule has 0 saturated carbocycles. The van der Waals surface area contributed by atoms with Gasteiger partial charge in [-0.25, -0.2) is 0 Å². The van der Waals surface area contributed by atoms with E-state index in [0.717, 1.165) is 26.1 Å². The van der Waals surface area contributed by atoms with Crippen molar-refractivity contribution in [3.63, 3.8) is 0 Å². The summed E-state index contributed by atoms with van der Waals surface area (Å²) < 4.78 is 2.09. The molecule has 0 aliphatic heterocycles. The molecule has 17 heavy (non-hydrogen) atoms. The zero-order valence-electron chi connectivity index (χ0n) is 12.0. The maximum absolute atomic E-state index is 4.33. The summed E-state index contributed by atoms with van der Waals surface area (Å²) in [6, 6.07) is 2.10. The van der Waals surface area contributed by atoms with Gasteiger partial charge in [-0.2, -0.15) is 5.10 Å². The second-order valence-corrected chi connectivity index (χ2v) is 5.94. The molecule has 1 aromatic rings. The summed E-state index contributed by atoms with van der Waals surface area (Å²) in [4.78, 5) is 0. The van der Waals surface area contributed by atoms with E-state index in [1.165, 1.54) is 5.69 Å². The summed E-state index contributed by atoms with van der Waals surface area (Å²) in [5, 5.41) is 7.86. The van der Waals surface area contributed by atoms with Gasteiger partial charge < -0.3 is 5.32 Å². The van der Waals surface area contributed by atoms with Crippen LogP contribution in [0.5, 0.6) is 0 Å². The molecule has 0 aliphatic rings. The maximum atomic E-state index is 4.33. The van der Waals surface area contributed by atoms with Crippen LogP contribution in [-0.2, 0) is 13.1 Å². The molecule has 1 aromatic heterocycles. The molecule has 0 bridgehead atoms. The first-order valence-electron chi connectivity index (χ1n) is 6.66. The lowest BCUT2D eigenvalue weighted by Gasteiger charge is -2.27. The minimum absolute atomic E-state index is 0.372. The molecule has 0 saturated heterocycles. The van der Waals surface area contributed by atoms with Crippen LogP contribution in [0.15, 0.2) is 12.3 Å². The topological polar surface area (TPSA) is 29.9 Å². The number of nitrogens with one attached hydrogen (secondary N) is 1. The van der Waals surface area contributed by atoms with Crippen LogP contribution in [0.4, 0.5) is 0 Å². The van der Waals surface area contributed by atoms with E-state index >= 15 is 0 Å². The number of rotatable bonds is 6. The summed E-state index contributed by atoms with van der Waals surface area (Å²) in [6.07, 6.45) is 3.02. The van der Waals surface area contributed by atoms with E-state index < -0.39 is 0 Å². The number of hydrogen-bond acceptors (Lipinski definition) is 2. The molecule has 0 aromatic carbocycles. The molecular formula is C14H27N3. The van der Waals surface area contributed by atoms with Crippen LogP contribution in [0, 0.1) is 11.3 Å². The van der Waals surface area contributed by atoms with Crippen molar-refractivity contribution < 1.29 is 0 Å². The number of hydrogen-bond donors (Lipinski definition) is 1. The number of nitrogens with zero attached hydrogens (tertiary/aromatic N) is 2. The summed E-state index contributed by atoms with van der Waals surface area (Å²) in [5.74, 6) is 0.671. The SMILES string of the molecule is CCCn1nccc1CNCC(C)C(C)(C)C. The Balaban J connectivity index is 2.38. The van der Waals surface area contributed by atoms with Gasteiger partial charge in [-0.15, -0.1) is 0 Å². The molecule has 1 atom stereocenters. The lowest BCUT2D eigenvalue weighted by Crippen LogP contribution is -2.30. The molecular weight excluding hydrogens is 210 g/mol. The second kappa shape index (κ2) is 6.20. The molecule has 1 unspecified atom stereocenters. The Bertz CT molecular complexity index is 322. The van der Waals surface area contributed by atoms with Crippen molar-refractivity contribution in [3.8, 4) is 0 Å². The largest absolute Gasteiger partial charge is 0.311 e. The Labute approximate surface area is 106 Å². The first kappa shape index (κ1) is 14.2. The highest BCUT2D eigenvalue weighted by molar-refractivity contribution is 5.00. The summed E-state index contributed by atoms with van der Waals surface area (Å²) in [6.45, 7) is 14.3. The van der Waals surface area contributed by atoms with Gasteiger partial charge in [-0.05, 0) is 30.4 Å². The van der Waals surface area contributed by atoms with Crippen molar-refractivity contribution in [1.29, 1.82) is 0 Å². The molecule has 1 N–H and O–H groups in total. The van der Waals surface area contributed by atoms with Gasteiger partial charge in [0.05, 0.1) is 5.69 Å². The van der Waals surface area contributed by atoms with E-state index in [-0.39, 0.29) is 0 Å². The van der Waals surface area contributed by atoms with Gasteiger partial charge in [-0.3, -0.25) is 4.68 Å². The maximum Gasteiger partial charge on any atom is 0.0522 e. The highest BCUT2D eigenvalue weighted by Gasteiger charge is 2.19. The highest BCUT2D eigenvalue weighted by atomic mass is 15.3. The Hall–Kier alpha value is -0.830. The number of aromatic nitrogens is 2. The van der Waals surface area contributed by atoms with Crippen LogP contribution < -0.4 is 5.32 Å². The molecule has 0 aliphatic carbocycles. The van der Waals surface area contributed by atoms with E-state index in [4.69, 9.17) is 0 Å². The Morgan fingerprint density at radius 1 is 1.41 bits per heavy atom. The third-order valence-electron chi connectivity index (χ3n) is 3.47. The zero-order valence-corrected chi connectivity index (χ0v) is 12.0. The van der Waals surface area contributed by atoms with Gasteiger partial charge in [0.15, 0.2) is 0 Å². The van der Waals surface area contributed by atoms with Crippen LogP contribution in [0.3, 0.4) is 0 Å². The van der Waals surface area contributed by atoms with Crippen molar-refractivity contribution in [2.75, 3.05) is 6.54 Å². The van der Waals surface area contributed by atoms with Crippen LogP contribution in [-0.4, -0.2) is 16.3 Å².